The van der Waals surface area contributed by atoms with Gasteiger partial charge in [-0.2, -0.15) is 5.10 Å². The Hall–Kier alpha value is -4.07. The Morgan fingerprint density at radius 1 is 0.900 bits per heavy atom. The fourth-order valence-electron chi connectivity index (χ4n) is 2.82. The van der Waals surface area contributed by atoms with Gasteiger partial charge in [-0.05, 0) is 32.0 Å². The first-order chi connectivity index (χ1) is 14.5. The van der Waals surface area contributed by atoms with Crippen LogP contribution in [0.5, 0.6) is 0 Å². The minimum absolute atomic E-state index is 0.0291. The third-order valence-corrected chi connectivity index (χ3v) is 4.45. The lowest BCUT2D eigenvalue weighted by molar-refractivity contribution is 0.101. The van der Waals surface area contributed by atoms with Gasteiger partial charge in [-0.3, -0.25) is 19.6 Å². The number of rotatable bonds is 6. The van der Waals surface area contributed by atoms with Crippen LogP contribution in [-0.4, -0.2) is 31.7 Å². The third kappa shape index (κ3) is 4.02. The van der Waals surface area contributed by atoms with Gasteiger partial charge in [-0.1, -0.05) is 47.6 Å². The molecule has 30 heavy (non-hydrogen) atoms. The van der Waals surface area contributed by atoms with Gasteiger partial charge in [0.2, 0.25) is 0 Å². The average molecular weight is 401 g/mol. The highest BCUT2D eigenvalue weighted by Crippen LogP contribution is 2.19. The lowest BCUT2D eigenvalue weighted by Crippen LogP contribution is -2.12. The Morgan fingerprint density at radius 2 is 1.57 bits per heavy atom. The number of nitrogens with zero attached hydrogens (tertiary/aromatic N) is 4. The highest BCUT2D eigenvalue weighted by Gasteiger charge is 2.16. The zero-order valence-corrected chi connectivity index (χ0v) is 16.4. The first-order valence-electron chi connectivity index (χ1n) is 9.41. The Labute approximate surface area is 172 Å². The van der Waals surface area contributed by atoms with Crippen molar-refractivity contribution in [2.24, 2.45) is 0 Å². The van der Waals surface area contributed by atoms with Crippen molar-refractivity contribution in [2.75, 3.05) is 5.32 Å². The Morgan fingerprint density at radius 3 is 2.23 bits per heavy atom. The first kappa shape index (κ1) is 19.3. The number of amides is 1. The van der Waals surface area contributed by atoms with Gasteiger partial charge in [0.05, 0.1) is 0 Å². The van der Waals surface area contributed by atoms with Crippen molar-refractivity contribution < 1.29 is 14.0 Å². The molecular weight excluding hydrogens is 382 g/mol. The molecule has 2 aromatic heterocycles. The van der Waals surface area contributed by atoms with E-state index in [1.54, 1.807) is 59.3 Å². The number of hydrogen-bond donors (Lipinski definition) is 1. The number of nitrogens with one attached hydrogen (secondary N) is 1. The van der Waals surface area contributed by atoms with E-state index in [1.165, 1.54) is 0 Å². The van der Waals surface area contributed by atoms with E-state index < -0.39 is 5.91 Å². The summed E-state index contributed by atoms with van der Waals surface area (Å²) in [5.41, 5.74) is 1.98. The molecule has 4 rings (SSSR count). The number of ketones is 1. The molecule has 150 valence electrons. The molecular formula is C22H19N5O3. The summed E-state index contributed by atoms with van der Waals surface area (Å²) >= 11 is 0. The molecule has 2 heterocycles. The van der Waals surface area contributed by atoms with E-state index in [9.17, 15) is 9.59 Å². The largest absolute Gasteiger partial charge is 0.401 e. The zero-order valence-electron chi connectivity index (χ0n) is 16.4. The van der Waals surface area contributed by atoms with Gasteiger partial charge < -0.3 is 4.42 Å². The van der Waals surface area contributed by atoms with Crippen LogP contribution < -0.4 is 5.32 Å². The molecule has 1 N–H and O–H groups in total. The van der Waals surface area contributed by atoms with Crippen molar-refractivity contribution in [2.45, 2.75) is 19.9 Å². The smallest absolute Gasteiger partial charge is 0.322 e. The van der Waals surface area contributed by atoms with E-state index >= 15 is 0 Å². The standard InChI is InChI=1S/C22H19N5O3/c1-14(2)27-13-12-18(26-27)21-24-25-22(30-21)23-20(29)17-10-8-16(9-11-17)19(28)15-6-4-3-5-7-15/h3-14H,1-2H3,(H,23,25,29). The normalized spacial score (nSPS) is 10.9. The van der Waals surface area contributed by atoms with Gasteiger partial charge in [-0.25, -0.2) is 0 Å². The number of anilines is 1. The molecule has 8 heteroatoms. The Bertz CT molecular complexity index is 1180. The van der Waals surface area contributed by atoms with E-state index in [1.807, 2.05) is 26.1 Å². The van der Waals surface area contributed by atoms with Gasteiger partial charge in [0.25, 0.3) is 11.8 Å². The molecule has 0 saturated carbocycles. The summed E-state index contributed by atoms with van der Waals surface area (Å²) in [4.78, 5) is 24.9. The van der Waals surface area contributed by atoms with Crippen molar-refractivity contribution in [1.29, 1.82) is 0 Å². The number of carbonyl (C=O) groups is 2. The minimum atomic E-state index is -0.420. The summed E-state index contributed by atoms with van der Waals surface area (Å²) in [6.07, 6.45) is 1.82. The van der Waals surface area contributed by atoms with E-state index in [-0.39, 0.29) is 23.7 Å². The molecule has 0 fully saturated rings. The van der Waals surface area contributed by atoms with E-state index in [2.05, 4.69) is 20.6 Å². The summed E-state index contributed by atoms with van der Waals surface area (Å²) in [5.74, 6) is -0.310. The van der Waals surface area contributed by atoms with Gasteiger partial charge in [0.1, 0.15) is 5.69 Å². The van der Waals surface area contributed by atoms with Crippen LogP contribution in [0.25, 0.3) is 11.6 Å². The van der Waals surface area contributed by atoms with Crippen molar-refractivity contribution >= 4 is 17.7 Å². The lowest BCUT2D eigenvalue weighted by Gasteiger charge is -2.04. The summed E-state index contributed by atoms with van der Waals surface area (Å²) in [6, 6.07) is 17.3. The van der Waals surface area contributed by atoms with Crippen molar-refractivity contribution in [3.8, 4) is 11.6 Å². The molecule has 1 amide bonds. The second-order valence-corrected chi connectivity index (χ2v) is 6.91. The van der Waals surface area contributed by atoms with Crippen molar-refractivity contribution in [1.82, 2.24) is 20.0 Å². The van der Waals surface area contributed by atoms with Gasteiger partial charge in [0.15, 0.2) is 5.78 Å². The fraction of sp³-hybridized carbons (Fsp3) is 0.136. The van der Waals surface area contributed by atoms with Crippen LogP contribution in [0.2, 0.25) is 0 Å². The molecule has 0 aliphatic rings. The maximum Gasteiger partial charge on any atom is 0.322 e. The van der Waals surface area contributed by atoms with Gasteiger partial charge in [-0.15, -0.1) is 5.10 Å². The van der Waals surface area contributed by atoms with Crippen LogP contribution in [-0.2, 0) is 0 Å². The minimum Gasteiger partial charge on any atom is -0.401 e. The molecule has 2 aromatic carbocycles. The summed E-state index contributed by atoms with van der Waals surface area (Å²) < 4.78 is 7.26. The second-order valence-electron chi connectivity index (χ2n) is 6.91. The number of hydrogen-bond acceptors (Lipinski definition) is 6. The van der Waals surface area contributed by atoms with Crippen molar-refractivity contribution in [3.63, 3.8) is 0 Å². The average Bonchev–Trinajstić information content (AvgIpc) is 3.44. The molecule has 0 aliphatic carbocycles. The number of carbonyl (C=O) groups excluding carboxylic acids is 2. The van der Waals surface area contributed by atoms with E-state index in [0.29, 0.717) is 22.4 Å². The van der Waals surface area contributed by atoms with Gasteiger partial charge in [0, 0.05) is 28.9 Å². The zero-order chi connectivity index (χ0) is 21.1. The molecule has 4 aromatic rings. The summed E-state index contributed by atoms with van der Waals surface area (Å²) in [5, 5.41) is 14.7. The molecule has 0 unspecified atom stereocenters. The number of benzene rings is 2. The Kier molecular flexibility index (Phi) is 5.21. The van der Waals surface area contributed by atoms with Crippen LogP contribution in [0, 0.1) is 0 Å². The van der Waals surface area contributed by atoms with Crippen LogP contribution in [0.3, 0.4) is 0 Å². The summed E-state index contributed by atoms with van der Waals surface area (Å²) in [6.45, 7) is 4.02. The predicted octanol–water partition coefficient (Wildman–Crippen LogP) is 4.00. The van der Waals surface area contributed by atoms with E-state index in [0.717, 1.165) is 0 Å². The molecule has 0 bridgehead atoms. The van der Waals surface area contributed by atoms with Crippen LogP contribution in [0.1, 0.15) is 46.2 Å². The molecule has 0 radical (unpaired) electrons. The van der Waals surface area contributed by atoms with Crippen molar-refractivity contribution in [3.05, 3.63) is 83.6 Å². The van der Waals surface area contributed by atoms with Gasteiger partial charge >= 0.3 is 6.01 Å². The predicted molar refractivity (Wildman–Crippen MR) is 110 cm³/mol. The van der Waals surface area contributed by atoms with E-state index in [4.69, 9.17) is 4.42 Å². The highest BCUT2D eigenvalue weighted by molar-refractivity contribution is 6.10. The first-order valence-corrected chi connectivity index (χ1v) is 9.41. The van der Waals surface area contributed by atoms with Crippen LogP contribution in [0.15, 0.2) is 71.3 Å². The molecule has 8 nitrogen and oxygen atoms in total. The quantitative estimate of drug-likeness (QED) is 0.490. The highest BCUT2D eigenvalue weighted by atomic mass is 16.4. The number of aromatic nitrogens is 4. The Balaban J connectivity index is 1.44. The lowest BCUT2D eigenvalue weighted by atomic mass is 10.0. The summed E-state index contributed by atoms with van der Waals surface area (Å²) in [7, 11) is 0. The molecule has 0 aliphatic heterocycles. The maximum absolute atomic E-state index is 12.5. The monoisotopic (exact) mass is 401 g/mol. The maximum atomic E-state index is 12.5. The van der Waals surface area contributed by atoms with Crippen LogP contribution in [0.4, 0.5) is 6.01 Å². The SMILES string of the molecule is CC(C)n1ccc(-c2nnc(NC(=O)c3ccc(C(=O)c4ccccc4)cc3)o2)n1. The molecule has 0 atom stereocenters. The fourth-order valence-corrected chi connectivity index (χ4v) is 2.82. The second kappa shape index (κ2) is 8.12. The molecule has 0 saturated heterocycles. The van der Waals surface area contributed by atoms with Crippen LogP contribution >= 0.6 is 0 Å². The third-order valence-electron chi connectivity index (χ3n) is 4.45. The topological polar surface area (TPSA) is 103 Å². The molecule has 0 spiro atoms.